The van der Waals surface area contributed by atoms with Crippen molar-refractivity contribution in [3.05, 3.63) is 59.4 Å². The number of likely N-dealkylation sites (N-methyl/N-ethyl adjacent to an activating group) is 2. The van der Waals surface area contributed by atoms with E-state index >= 15 is 0 Å². The summed E-state index contributed by atoms with van der Waals surface area (Å²) in [6, 6.07) is 9.61. The molecule has 18 nitrogen and oxygen atoms in total. The fourth-order valence-corrected chi connectivity index (χ4v) is 9.68. The maximum atomic E-state index is 14.3. The number of hydrogen-bond donors (Lipinski definition) is 2. The minimum atomic E-state index is -4.10. The van der Waals surface area contributed by atoms with E-state index in [2.05, 4.69) is 20.0 Å². The first-order chi connectivity index (χ1) is 30.0. The molecule has 0 radical (unpaired) electrons. The highest BCUT2D eigenvalue weighted by molar-refractivity contribution is 7.52. The Balaban J connectivity index is 1.54. The Morgan fingerprint density at radius 1 is 0.688 bits per heavy atom. The number of esters is 2. The molecule has 0 saturated carbocycles. The molecule has 20 heteroatoms. The molecular weight excluding hydrogens is 866 g/mol. The van der Waals surface area contributed by atoms with Gasteiger partial charge in [-0.1, -0.05) is 0 Å². The SMILES string of the molecule is CCOC(=O)CNP(=O)(OCC)OCn1cc(CCN(C)C)c2cc(OC)c(CC(C)(C)OC(=O)CNP(=O)(OCn3cc(CCN(C)C)c4cc(OC)ccc43)OC(C)(C)C)cc21. The second-order valence-electron chi connectivity index (χ2n) is 17.4. The highest BCUT2D eigenvalue weighted by atomic mass is 31.2. The third-order valence-electron chi connectivity index (χ3n) is 9.77. The number of aromatic nitrogens is 2. The van der Waals surface area contributed by atoms with E-state index in [-0.39, 0.29) is 39.6 Å². The van der Waals surface area contributed by atoms with Gasteiger partial charge in [-0.25, -0.2) is 19.3 Å². The van der Waals surface area contributed by atoms with Gasteiger partial charge < -0.3 is 37.9 Å². The highest BCUT2D eigenvalue weighted by Crippen LogP contribution is 2.48. The summed E-state index contributed by atoms with van der Waals surface area (Å²) in [5.74, 6) is 0.0285. The monoisotopic (exact) mass is 936 g/mol. The van der Waals surface area contributed by atoms with Crippen molar-refractivity contribution in [2.45, 2.75) is 92.4 Å². The molecule has 358 valence electrons. The largest absolute Gasteiger partial charge is 0.497 e. The second kappa shape index (κ2) is 23.1. The predicted molar refractivity (Wildman–Crippen MR) is 248 cm³/mol. The number of benzene rings is 2. The summed E-state index contributed by atoms with van der Waals surface area (Å²) in [7, 11) is 3.18. The lowest BCUT2D eigenvalue weighted by Crippen LogP contribution is -2.35. The maximum Gasteiger partial charge on any atom is 0.408 e. The van der Waals surface area contributed by atoms with Crippen molar-refractivity contribution >= 4 is 49.2 Å². The van der Waals surface area contributed by atoms with E-state index in [1.54, 1.807) is 62.7 Å². The zero-order chi connectivity index (χ0) is 47.5. The van der Waals surface area contributed by atoms with Gasteiger partial charge in [0.05, 0.1) is 44.1 Å². The summed E-state index contributed by atoms with van der Waals surface area (Å²) in [5.41, 5.74) is 2.44. The summed E-state index contributed by atoms with van der Waals surface area (Å²) < 4.78 is 77.2. The highest BCUT2D eigenvalue weighted by Gasteiger charge is 2.34. The van der Waals surface area contributed by atoms with Crippen LogP contribution < -0.4 is 19.6 Å². The van der Waals surface area contributed by atoms with Crippen molar-refractivity contribution < 1.29 is 55.8 Å². The average molecular weight is 937 g/mol. The van der Waals surface area contributed by atoms with Gasteiger partial charge in [0.2, 0.25) is 0 Å². The Bertz CT molecular complexity index is 2280. The van der Waals surface area contributed by atoms with Crippen LogP contribution in [0.2, 0.25) is 0 Å². The van der Waals surface area contributed by atoms with Gasteiger partial charge in [0, 0.05) is 48.2 Å². The van der Waals surface area contributed by atoms with E-state index in [9.17, 15) is 18.7 Å². The molecule has 4 rings (SSSR count). The number of rotatable bonds is 27. The maximum absolute atomic E-state index is 14.3. The molecule has 0 bridgehead atoms. The van der Waals surface area contributed by atoms with Gasteiger partial charge in [-0.05, 0) is 131 Å². The van der Waals surface area contributed by atoms with Crippen molar-refractivity contribution in [3.63, 3.8) is 0 Å². The van der Waals surface area contributed by atoms with Crippen molar-refractivity contribution in [2.24, 2.45) is 0 Å². The number of hydrogen-bond acceptors (Lipinski definition) is 14. The normalized spacial score (nSPS) is 14.3. The van der Waals surface area contributed by atoms with Gasteiger partial charge >= 0.3 is 27.4 Å². The Kier molecular flexibility index (Phi) is 19.1. The zero-order valence-corrected chi connectivity index (χ0v) is 41.7. The molecule has 2 heterocycles. The van der Waals surface area contributed by atoms with Crippen molar-refractivity contribution in [1.82, 2.24) is 29.1 Å². The van der Waals surface area contributed by atoms with Crippen LogP contribution in [0.3, 0.4) is 0 Å². The third-order valence-corrected chi connectivity index (χ3v) is 13.2. The Labute approximate surface area is 378 Å². The zero-order valence-electron chi connectivity index (χ0n) is 39.9. The van der Waals surface area contributed by atoms with Gasteiger partial charge in [0.1, 0.15) is 43.7 Å². The summed E-state index contributed by atoms with van der Waals surface area (Å²) >= 11 is 0. The smallest absolute Gasteiger partial charge is 0.408 e. The summed E-state index contributed by atoms with van der Waals surface area (Å²) in [4.78, 5) is 29.8. The Morgan fingerprint density at radius 3 is 1.80 bits per heavy atom. The molecule has 0 aliphatic carbocycles. The molecule has 0 saturated heterocycles. The first-order valence-electron chi connectivity index (χ1n) is 21.4. The van der Waals surface area contributed by atoms with E-state index in [1.165, 1.54) is 0 Å². The van der Waals surface area contributed by atoms with Crippen molar-refractivity contribution in [1.29, 1.82) is 0 Å². The molecule has 0 aliphatic rings. The molecule has 64 heavy (non-hydrogen) atoms. The molecular formula is C44H70N6O12P2. The standard InChI is InChI=1S/C44H70N6O12P2/c1-14-57-41(51)26-45-63(53,58-15-2)59-31-50-29-33(19-21-48(10)11)37-24-40(56-13)34(22-39(37)50)25-44(6,7)61-42(52)27-46-64(54,62-43(3,4)5)60-30-49-28-32(18-20-47(8)9)36-23-35(55-12)16-17-38(36)49/h16-17,22-24,28-29H,14-15,18-21,25-27,30-31H2,1-13H3,(H,45,53)(H,46,54). The fraction of sp³-hybridized carbons (Fsp3) is 0.591. The fourth-order valence-electron chi connectivity index (χ4n) is 6.95. The van der Waals surface area contributed by atoms with Gasteiger partial charge in [-0.3, -0.25) is 27.7 Å². The first-order valence-corrected chi connectivity index (χ1v) is 24.5. The van der Waals surface area contributed by atoms with Crippen LogP contribution in [0.5, 0.6) is 11.5 Å². The second-order valence-corrected chi connectivity index (χ2v) is 21.0. The lowest BCUT2D eigenvalue weighted by Gasteiger charge is -2.29. The summed E-state index contributed by atoms with van der Waals surface area (Å²) in [6.07, 6.45) is 5.59. The summed E-state index contributed by atoms with van der Waals surface area (Å²) in [6.45, 7) is 12.9. The topological polar surface area (TPSA) is 183 Å². The van der Waals surface area contributed by atoms with Gasteiger partial charge in [-0.15, -0.1) is 0 Å². The number of nitrogens with zero attached hydrogens (tertiary/aromatic N) is 4. The Hall–Kier alpha value is -3.80. The minimum Gasteiger partial charge on any atom is -0.497 e. The number of carbonyl (C=O) groups excluding carboxylic acids is 2. The van der Waals surface area contributed by atoms with E-state index in [4.69, 9.17) is 37.0 Å². The van der Waals surface area contributed by atoms with Crippen LogP contribution in [-0.4, -0.2) is 124 Å². The van der Waals surface area contributed by atoms with Crippen LogP contribution in [0, 0.1) is 0 Å². The van der Waals surface area contributed by atoms with Crippen LogP contribution in [0.1, 0.15) is 65.2 Å². The number of methoxy groups -OCH3 is 2. The summed E-state index contributed by atoms with van der Waals surface area (Å²) in [5, 5.41) is 7.22. The van der Waals surface area contributed by atoms with Gasteiger partial charge in [0.25, 0.3) is 0 Å². The molecule has 0 amide bonds. The van der Waals surface area contributed by atoms with E-state index in [0.29, 0.717) is 12.2 Å². The van der Waals surface area contributed by atoms with Crippen LogP contribution in [0.15, 0.2) is 42.7 Å². The molecule has 0 fully saturated rings. The van der Waals surface area contributed by atoms with E-state index in [0.717, 1.165) is 63.8 Å². The van der Waals surface area contributed by atoms with Crippen molar-refractivity contribution in [3.8, 4) is 11.5 Å². The minimum absolute atomic E-state index is 0.0757. The van der Waals surface area contributed by atoms with Crippen LogP contribution >= 0.6 is 15.5 Å². The Morgan fingerprint density at radius 2 is 1.25 bits per heavy atom. The number of nitrogens with one attached hydrogen (secondary N) is 2. The van der Waals surface area contributed by atoms with E-state index < -0.39 is 45.2 Å². The molecule has 2 atom stereocenters. The molecule has 2 N–H and O–H groups in total. The van der Waals surface area contributed by atoms with Crippen LogP contribution in [-0.2, 0) is 79.0 Å². The number of carbonyl (C=O) groups is 2. The van der Waals surface area contributed by atoms with Gasteiger partial charge in [-0.2, -0.15) is 0 Å². The lowest BCUT2D eigenvalue weighted by atomic mass is 9.96. The first kappa shape index (κ1) is 52.8. The molecule has 4 aromatic rings. The van der Waals surface area contributed by atoms with Crippen molar-refractivity contribution in [2.75, 3.05) is 81.8 Å². The van der Waals surface area contributed by atoms with Crippen LogP contribution in [0.25, 0.3) is 21.8 Å². The molecule has 2 aromatic carbocycles. The lowest BCUT2D eigenvalue weighted by molar-refractivity contribution is -0.155. The molecule has 2 unspecified atom stereocenters. The molecule has 0 spiro atoms. The average Bonchev–Trinajstić information content (AvgIpc) is 3.74. The van der Waals surface area contributed by atoms with Gasteiger partial charge in [0.15, 0.2) is 0 Å². The van der Waals surface area contributed by atoms with Crippen LogP contribution in [0.4, 0.5) is 0 Å². The third kappa shape index (κ3) is 15.7. The van der Waals surface area contributed by atoms with E-state index in [1.807, 2.05) is 80.1 Å². The molecule has 2 aromatic heterocycles. The number of fused-ring (bicyclic) bond motifs is 2. The predicted octanol–water partition coefficient (Wildman–Crippen LogP) is 7.14. The molecule has 0 aliphatic heterocycles. The number of ether oxygens (including phenoxy) is 4. The quantitative estimate of drug-likeness (QED) is 0.0454.